The molecule has 0 aromatic carbocycles. The van der Waals surface area contributed by atoms with Gasteiger partial charge in [-0.1, -0.05) is 6.92 Å². The topological polar surface area (TPSA) is 32.3 Å². The maximum Gasteiger partial charge on any atom is 0.0905 e. The second-order valence-corrected chi connectivity index (χ2v) is 4.67. The molecule has 2 heterocycles. The fourth-order valence-electron chi connectivity index (χ4n) is 1.47. The van der Waals surface area contributed by atoms with Crippen LogP contribution in [0, 0.1) is 5.41 Å². The molecule has 2 aliphatic rings. The minimum Gasteiger partial charge on any atom is -0.387 e. The number of hydrogen-bond acceptors (Lipinski definition) is 3. The summed E-state index contributed by atoms with van der Waals surface area (Å²) in [4.78, 5) is 0. The third kappa shape index (κ3) is 0.684. The second-order valence-electron chi connectivity index (χ2n) is 3.69. The number of thioether (sulfide) groups is 1. The Kier molecular flexibility index (Phi) is 1.32. The Labute approximate surface area is 65.4 Å². The molecule has 2 saturated heterocycles. The Hall–Kier alpha value is 0.270. The van der Waals surface area contributed by atoms with Crippen molar-refractivity contribution in [2.45, 2.75) is 12.5 Å². The molecule has 0 unspecified atom stereocenters. The lowest BCUT2D eigenvalue weighted by atomic mass is 9.70. The first-order chi connectivity index (χ1) is 4.66. The highest BCUT2D eigenvalue weighted by molar-refractivity contribution is 8.00. The van der Waals surface area contributed by atoms with Gasteiger partial charge < -0.3 is 10.4 Å². The highest BCUT2D eigenvalue weighted by Crippen LogP contribution is 2.45. The van der Waals surface area contributed by atoms with Crippen molar-refractivity contribution in [2.75, 3.05) is 24.6 Å². The van der Waals surface area contributed by atoms with Crippen LogP contribution in [0.3, 0.4) is 0 Å². The molecule has 2 fully saturated rings. The minimum absolute atomic E-state index is 0.179. The Bertz CT molecular complexity index is 134. The van der Waals surface area contributed by atoms with Crippen LogP contribution in [0.5, 0.6) is 0 Å². The van der Waals surface area contributed by atoms with Crippen molar-refractivity contribution in [2.24, 2.45) is 5.41 Å². The van der Waals surface area contributed by atoms with Crippen molar-refractivity contribution in [1.29, 1.82) is 0 Å². The van der Waals surface area contributed by atoms with E-state index in [0.717, 1.165) is 24.6 Å². The minimum atomic E-state index is -0.344. The van der Waals surface area contributed by atoms with Crippen molar-refractivity contribution >= 4 is 11.8 Å². The van der Waals surface area contributed by atoms with Crippen LogP contribution in [-0.2, 0) is 0 Å². The fraction of sp³-hybridized carbons (Fsp3) is 1.00. The molecule has 0 saturated carbocycles. The molecule has 58 valence electrons. The predicted octanol–water partition coefficient (Wildman–Crippen LogP) is 0.0738. The van der Waals surface area contributed by atoms with E-state index < -0.39 is 0 Å². The van der Waals surface area contributed by atoms with Gasteiger partial charge in [-0.3, -0.25) is 0 Å². The smallest absolute Gasteiger partial charge is 0.0905 e. The van der Waals surface area contributed by atoms with Crippen molar-refractivity contribution < 1.29 is 5.11 Å². The Morgan fingerprint density at radius 2 is 2.00 bits per heavy atom. The van der Waals surface area contributed by atoms with Crippen LogP contribution in [0.15, 0.2) is 0 Å². The van der Waals surface area contributed by atoms with Crippen LogP contribution >= 0.6 is 11.8 Å². The summed E-state index contributed by atoms with van der Waals surface area (Å²) in [5, 5.41) is 13.1. The molecule has 0 bridgehead atoms. The first kappa shape index (κ1) is 6.95. The Morgan fingerprint density at radius 3 is 2.10 bits per heavy atom. The highest BCUT2D eigenvalue weighted by Gasteiger charge is 2.54. The molecular formula is C7H13NOS. The van der Waals surface area contributed by atoms with Gasteiger partial charge in [-0.15, -0.1) is 0 Å². The Balaban J connectivity index is 2.08. The normalized spacial score (nSPS) is 34.2. The molecule has 0 aromatic rings. The second kappa shape index (κ2) is 1.90. The van der Waals surface area contributed by atoms with Crippen LogP contribution in [-0.4, -0.2) is 35.3 Å². The maximum absolute atomic E-state index is 9.93. The largest absolute Gasteiger partial charge is 0.387 e. The molecule has 0 radical (unpaired) electrons. The van der Waals surface area contributed by atoms with Gasteiger partial charge in [0.1, 0.15) is 0 Å². The maximum atomic E-state index is 9.93. The van der Waals surface area contributed by atoms with E-state index >= 15 is 0 Å². The molecule has 2 N–H and O–H groups in total. The zero-order valence-electron chi connectivity index (χ0n) is 6.18. The summed E-state index contributed by atoms with van der Waals surface area (Å²) in [6.07, 6.45) is 0. The number of hydrogen-bond donors (Lipinski definition) is 2. The van der Waals surface area contributed by atoms with Crippen LogP contribution in [0.25, 0.3) is 0 Å². The molecule has 2 nitrogen and oxygen atoms in total. The standard InChI is InChI=1S/C7H13NOS/c1-6(2-8-3-6)7(9)4-10-5-7/h8-9H,2-5H2,1H3. The van der Waals surface area contributed by atoms with E-state index in [-0.39, 0.29) is 11.0 Å². The first-order valence-corrected chi connectivity index (χ1v) is 4.83. The average Bonchev–Trinajstić information content (AvgIpc) is 1.77. The molecule has 0 aromatic heterocycles. The summed E-state index contributed by atoms with van der Waals surface area (Å²) in [6.45, 7) is 4.15. The van der Waals surface area contributed by atoms with Crippen LogP contribution in [0.1, 0.15) is 6.92 Å². The van der Waals surface area contributed by atoms with Gasteiger partial charge in [0.15, 0.2) is 0 Å². The number of aliphatic hydroxyl groups is 1. The van der Waals surface area contributed by atoms with Gasteiger partial charge in [0.05, 0.1) is 5.60 Å². The lowest BCUT2D eigenvalue weighted by Gasteiger charge is -2.55. The van der Waals surface area contributed by atoms with E-state index in [1.807, 2.05) is 11.8 Å². The zero-order chi connectivity index (χ0) is 7.24. The number of nitrogens with one attached hydrogen (secondary N) is 1. The summed E-state index contributed by atoms with van der Waals surface area (Å²) in [5.74, 6) is 1.87. The van der Waals surface area contributed by atoms with Gasteiger partial charge in [0, 0.05) is 30.0 Å². The van der Waals surface area contributed by atoms with E-state index in [0.29, 0.717) is 0 Å². The van der Waals surface area contributed by atoms with Gasteiger partial charge in [0.2, 0.25) is 0 Å². The summed E-state index contributed by atoms with van der Waals surface area (Å²) >= 11 is 1.84. The van der Waals surface area contributed by atoms with Gasteiger partial charge in [0.25, 0.3) is 0 Å². The molecular weight excluding hydrogens is 146 g/mol. The van der Waals surface area contributed by atoms with Crippen molar-refractivity contribution in [1.82, 2.24) is 5.32 Å². The molecule has 0 amide bonds. The summed E-state index contributed by atoms with van der Waals surface area (Å²) in [7, 11) is 0. The summed E-state index contributed by atoms with van der Waals surface area (Å²) < 4.78 is 0. The third-order valence-corrected chi connectivity index (χ3v) is 4.20. The zero-order valence-corrected chi connectivity index (χ0v) is 7.00. The van der Waals surface area contributed by atoms with E-state index in [1.54, 1.807) is 0 Å². The Morgan fingerprint density at radius 1 is 1.40 bits per heavy atom. The first-order valence-electron chi connectivity index (χ1n) is 3.67. The van der Waals surface area contributed by atoms with Crippen molar-refractivity contribution in [3.63, 3.8) is 0 Å². The molecule has 0 aliphatic carbocycles. The SMILES string of the molecule is CC1(C2(O)CSC2)CNC1. The third-order valence-electron chi connectivity index (χ3n) is 2.84. The quantitative estimate of drug-likeness (QED) is 0.568. The molecule has 10 heavy (non-hydrogen) atoms. The van der Waals surface area contributed by atoms with E-state index in [2.05, 4.69) is 12.2 Å². The number of rotatable bonds is 1. The monoisotopic (exact) mass is 159 g/mol. The van der Waals surface area contributed by atoms with E-state index in [4.69, 9.17) is 0 Å². The highest BCUT2D eigenvalue weighted by atomic mass is 32.2. The average molecular weight is 159 g/mol. The van der Waals surface area contributed by atoms with E-state index in [1.165, 1.54) is 0 Å². The molecule has 0 atom stereocenters. The van der Waals surface area contributed by atoms with Crippen molar-refractivity contribution in [3.8, 4) is 0 Å². The van der Waals surface area contributed by atoms with Gasteiger partial charge >= 0.3 is 0 Å². The molecule has 3 heteroatoms. The van der Waals surface area contributed by atoms with Gasteiger partial charge in [-0.25, -0.2) is 0 Å². The molecule has 2 rings (SSSR count). The van der Waals surface area contributed by atoms with Gasteiger partial charge in [-0.05, 0) is 0 Å². The molecule has 2 aliphatic heterocycles. The van der Waals surface area contributed by atoms with E-state index in [9.17, 15) is 5.11 Å². The lowest BCUT2D eigenvalue weighted by molar-refractivity contribution is -0.0748. The van der Waals surface area contributed by atoms with Crippen molar-refractivity contribution in [3.05, 3.63) is 0 Å². The van der Waals surface area contributed by atoms with Crippen LogP contribution < -0.4 is 5.32 Å². The summed E-state index contributed by atoms with van der Waals surface area (Å²) in [6, 6.07) is 0. The predicted molar refractivity (Wildman–Crippen MR) is 43.3 cm³/mol. The van der Waals surface area contributed by atoms with Gasteiger partial charge in [-0.2, -0.15) is 11.8 Å². The van der Waals surface area contributed by atoms with Crippen LogP contribution in [0.4, 0.5) is 0 Å². The lowest BCUT2D eigenvalue weighted by Crippen LogP contribution is -2.69. The molecule has 0 spiro atoms. The summed E-state index contributed by atoms with van der Waals surface area (Å²) in [5.41, 5.74) is -0.166. The fourth-order valence-corrected chi connectivity index (χ4v) is 2.76. The van der Waals surface area contributed by atoms with Crippen LogP contribution in [0.2, 0.25) is 0 Å².